The fourth-order valence-electron chi connectivity index (χ4n) is 2.41. The van der Waals surface area contributed by atoms with E-state index < -0.39 is 37.8 Å². The van der Waals surface area contributed by atoms with Crippen molar-refractivity contribution >= 4 is 24.8 Å². The maximum absolute atomic E-state index is 14.7. The Morgan fingerprint density at radius 2 is 2.40 bits per heavy atom. The molecule has 0 saturated carbocycles. The Labute approximate surface area is 149 Å². The van der Waals surface area contributed by atoms with Crippen molar-refractivity contribution in [2.45, 2.75) is 24.1 Å². The Bertz CT molecular complexity index is 665. The molecule has 2 aliphatic heterocycles. The monoisotopic (exact) mass is 395 g/mol. The molecule has 11 heteroatoms. The van der Waals surface area contributed by atoms with E-state index in [0.717, 1.165) is 19.0 Å². The molecule has 0 spiro atoms. The highest BCUT2D eigenvalue weighted by Gasteiger charge is 2.55. The van der Waals surface area contributed by atoms with Crippen LogP contribution in [0.3, 0.4) is 0 Å². The van der Waals surface area contributed by atoms with Gasteiger partial charge in [-0.1, -0.05) is 6.58 Å². The van der Waals surface area contributed by atoms with Crippen LogP contribution in [0, 0.1) is 0 Å². The summed E-state index contributed by atoms with van der Waals surface area (Å²) in [6, 6.07) is 0. The third-order valence-electron chi connectivity index (χ3n) is 3.95. The van der Waals surface area contributed by atoms with Gasteiger partial charge in [0.15, 0.2) is 12.4 Å². The van der Waals surface area contributed by atoms with Crippen LogP contribution in [0.2, 0.25) is 0 Å². The van der Waals surface area contributed by atoms with Crippen LogP contribution in [0.5, 0.6) is 0 Å². The molecule has 0 amide bonds. The van der Waals surface area contributed by atoms with E-state index in [1.54, 1.807) is 0 Å². The van der Waals surface area contributed by atoms with Gasteiger partial charge in [-0.25, -0.2) is 9.38 Å². The maximum Gasteiger partial charge on any atom is 0.249 e. The predicted octanol–water partition coefficient (Wildman–Crippen LogP) is 1.06. The van der Waals surface area contributed by atoms with E-state index in [0.29, 0.717) is 0 Å². The average Bonchev–Trinajstić information content (AvgIpc) is 2.85. The van der Waals surface area contributed by atoms with Crippen molar-refractivity contribution in [3.8, 4) is 0 Å². The van der Waals surface area contributed by atoms with Gasteiger partial charge in [0.1, 0.15) is 29.7 Å². The summed E-state index contributed by atoms with van der Waals surface area (Å²) >= 11 is 5.90. The Balaban J connectivity index is 2.30. The van der Waals surface area contributed by atoms with E-state index in [1.165, 1.54) is 17.2 Å². The molecule has 0 aromatic heterocycles. The standard InChI is InChI=1S/C14H20ClFN3O5P/c1-9-18-10(17)3-5-19(9)13-11(16)12(21)14(7-15,24-13)4-6-25(22,8-20)23-2/h3-6,11-13,20-21H,1,7-8H2,2H3,(H2,17,18)/b6-4-/t11-,12+,13-,14+,25?/m1/s1. The van der Waals surface area contributed by atoms with Crippen LogP contribution in [-0.2, 0) is 13.8 Å². The maximum atomic E-state index is 14.7. The number of hydrogen-bond donors (Lipinski definition) is 3. The van der Waals surface area contributed by atoms with Gasteiger partial charge in [-0.3, -0.25) is 4.57 Å². The lowest BCUT2D eigenvalue weighted by molar-refractivity contribution is -0.0726. The van der Waals surface area contributed by atoms with Crippen LogP contribution >= 0.6 is 19.0 Å². The summed E-state index contributed by atoms with van der Waals surface area (Å²) in [7, 11) is -2.33. The van der Waals surface area contributed by atoms with E-state index in [1.807, 2.05) is 0 Å². The van der Waals surface area contributed by atoms with Crippen molar-refractivity contribution in [3.05, 3.63) is 36.6 Å². The fraction of sp³-hybridized carbons (Fsp3) is 0.500. The van der Waals surface area contributed by atoms with Gasteiger partial charge in [0.05, 0.1) is 5.88 Å². The summed E-state index contributed by atoms with van der Waals surface area (Å²) in [6.07, 6.45) is -1.53. The molecule has 25 heavy (non-hydrogen) atoms. The van der Waals surface area contributed by atoms with Gasteiger partial charge in [-0.2, -0.15) is 0 Å². The van der Waals surface area contributed by atoms with Crippen LogP contribution in [0.25, 0.3) is 0 Å². The second kappa shape index (κ2) is 7.57. The zero-order valence-corrected chi connectivity index (χ0v) is 15.1. The third kappa shape index (κ3) is 3.81. The van der Waals surface area contributed by atoms with Crippen molar-refractivity contribution in [3.63, 3.8) is 0 Å². The number of nitrogens with zero attached hydrogens (tertiary/aromatic N) is 2. The number of aliphatic imine (C=N–C) groups is 1. The first-order valence-corrected chi connectivity index (χ1v) is 9.64. The first-order chi connectivity index (χ1) is 11.7. The van der Waals surface area contributed by atoms with E-state index in [-0.39, 0.29) is 17.5 Å². The number of nitrogens with two attached hydrogens (primary N) is 1. The third-order valence-corrected chi connectivity index (χ3v) is 5.98. The van der Waals surface area contributed by atoms with E-state index >= 15 is 0 Å². The van der Waals surface area contributed by atoms with Crippen molar-refractivity contribution in [2.24, 2.45) is 10.7 Å². The Morgan fingerprint density at radius 1 is 1.72 bits per heavy atom. The normalized spacial score (nSPS) is 35.2. The number of halogens is 2. The zero-order valence-electron chi connectivity index (χ0n) is 13.5. The van der Waals surface area contributed by atoms with Gasteiger partial charge < -0.3 is 30.1 Å². The highest BCUT2D eigenvalue weighted by Crippen LogP contribution is 2.48. The summed E-state index contributed by atoms with van der Waals surface area (Å²) in [5.74, 6) is 1.05. The summed E-state index contributed by atoms with van der Waals surface area (Å²) in [5, 5.41) is 19.5. The SMILES string of the molecule is C=C1N=C(N)C=CN1[C@@H]1O[C@@](/C=C\P(=O)(CO)OC)(CCl)[C@@H](O)[C@H]1F. The molecular weight excluding hydrogens is 376 g/mol. The molecular formula is C14H20ClFN3O5P. The number of aliphatic hydroxyl groups excluding tert-OH is 2. The molecule has 1 saturated heterocycles. The number of rotatable bonds is 6. The lowest BCUT2D eigenvalue weighted by Gasteiger charge is -2.31. The molecule has 8 nitrogen and oxygen atoms in total. The molecule has 140 valence electrons. The van der Waals surface area contributed by atoms with Crippen LogP contribution in [0.1, 0.15) is 0 Å². The van der Waals surface area contributed by atoms with E-state index in [2.05, 4.69) is 11.6 Å². The molecule has 0 radical (unpaired) electrons. The molecule has 1 unspecified atom stereocenters. The van der Waals surface area contributed by atoms with Gasteiger partial charge in [0.2, 0.25) is 7.37 Å². The second-order valence-electron chi connectivity index (χ2n) is 5.53. The largest absolute Gasteiger partial charge is 0.386 e. The molecule has 4 N–H and O–H groups in total. The molecule has 1 fully saturated rings. The summed E-state index contributed by atoms with van der Waals surface area (Å²) < 4.78 is 37.2. The highest BCUT2D eigenvalue weighted by atomic mass is 35.5. The lowest BCUT2D eigenvalue weighted by atomic mass is 9.98. The minimum Gasteiger partial charge on any atom is -0.386 e. The number of amidine groups is 1. The predicted molar refractivity (Wildman–Crippen MR) is 91.8 cm³/mol. The van der Waals surface area contributed by atoms with Crippen molar-refractivity contribution < 1.29 is 28.4 Å². The number of alkyl halides is 2. The van der Waals surface area contributed by atoms with Crippen molar-refractivity contribution in [1.29, 1.82) is 0 Å². The smallest absolute Gasteiger partial charge is 0.249 e. The molecule has 0 aliphatic carbocycles. The summed E-state index contributed by atoms with van der Waals surface area (Å²) in [6.45, 7) is 3.67. The fourth-order valence-corrected chi connectivity index (χ4v) is 3.53. The van der Waals surface area contributed by atoms with Gasteiger partial charge >= 0.3 is 0 Å². The quantitative estimate of drug-likeness (QED) is 0.454. The highest BCUT2D eigenvalue weighted by molar-refractivity contribution is 7.61. The van der Waals surface area contributed by atoms with Crippen molar-refractivity contribution in [1.82, 2.24) is 4.90 Å². The second-order valence-corrected chi connectivity index (χ2v) is 8.19. The van der Waals surface area contributed by atoms with Crippen LogP contribution < -0.4 is 5.73 Å². The van der Waals surface area contributed by atoms with E-state index in [9.17, 15) is 14.1 Å². The number of aliphatic hydroxyl groups is 2. The van der Waals surface area contributed by atoms with Crippen LogP contribution in [0.15, 0.2) is 41.6 Å². The molecule has 2 rings (SSSR count). The minimum atomic E-state index is -3.49. The van der Waals surface area contributed by atoms with E-state index in [4.69, 9.17) is 31.7 Å². The molecule has 0 aromatic carbocycles. The average molecular weight is 396 g/mol. The Morgan fingerprint density at radius 3 is 2.92 bits per heavy atom. The van der Waals surface area contributed by atoms with Gasteiger partial charge in [0, 0.05) is 19.1 Å². The minimum absolute atomic E-state index is 0.132. The summed E-state index contributed by atoms with van der Waals surface area (Å²) in [4.78, 5) is 5.19. The zero-order chi connectivity index (χ0) is 18.8. The first-order valence-electron chi connectivity index (χ1n) is 7.23. The van der Waals surface area contributed by atoms with Gasteiger partial charge in [-0.05, 0) is 12.2 Å². The number of ether oxygens (including phenoxy) is 1. The molecule has 0 bridgehead atoms. The number of hydrogen-bond acceptors (Lipinski definition) is 8. The van der Waals surface area contributed by atoms with Crippen molar-refractivity contribution in [2.75, 3.05) is 19.3 Å². The molecule has 5 atom stereocenters. The van der Waals surface area contributed by atoms with Gasteiger partial charge in [-0.15, -0.1) is 11.6 Å². The topological polar surface area (TPSA) is 118 Å². The molecule has 2 aliphatic rings. The Kier molecular flexibility index (Phi) is 6.09. The van der Waals surface area contributed by atoms with Crippen LogP contribution in [0.4, 0.5) is 4.39 Å². The molecule has 2 heterocycles. The van der Waals surface area contributed by atoms with Gasteiger partial charge in [0.25, 0.3) is 0 Å². The summed E-state index contributed by atoms with van der Waals surface area (Å²) in [5.41, 5.74) is 3.87. The Hall–Kier alpha value is -1.22. The van der Waals surface area contributed by atoms with Crippen LogP contribution in [-0.4, -0.2) is 64.4 Å². The first kappa shape index (κ1) is 20.1. The lowest BCUT2D eigenvalue weighted by Crippen LogP contribution is -2.42. The molecule has 0 aromatic rings.